The van der Waals surface area contributed by atoms with E-state index in [1.54, 1.807) is 18.2 Å². The van der Waals surface area contributed by atoms with Gasteiger partial charge in [-0.05, 0) is 57.9 Å². The minimum Gasteiger partial charge on any atom is -0.382 e. The quantitative estimate of drug-likeness (QED) is 0.672. The maximum absolute atomic E-state index is 12.9. The van der Waals surface area contributed by atoms with Crippen LogP contribution in [0, 0.1) is 0 Å². The van der Waals surface area contributed by atoms with Crippen molar-refractivity contribution in [1.82, 2.24) is 15.5 Å². The van der Waals surface area contributed by atoms with Crippen LogP contribution >= 0.6 is 0 Å². The fourth-order valence-electron chi connectivity index (χ4n) is 4.29. The maximum atomic E-state index is 12.9. The van der Waals surface area contributed by atoms with Gasteiger partial charge < -0.3 is 10.6 Å². The van der Waals surface area contributed by atoms with E-state index in [9.17, 15) is 19.2 Å². The van der Waals surface area contributed by atoms with Crippen LogP contribution in [0.1, 0.15) is 60.2 Å². The van der Waals surface area contributed by atoms with Crippen LogP contribution in [0.3, 0.4) is 0 Å². The Hall–Kier alpha value is -2.74. The first kappa shape index (κ1) is 18.6. The molecule has 3 heterocycles. The molecular weight excluding hydrogens is 360 g/mol. The Morgan fingerprint density at radius 2 is 1.82 bits per heavy atom. The molecule has 2 atom stereocenters. The Labute approximate surface area is 163 Å². The lowest BCUT2D eigenvalue weighted by Gasteiger charge is -2.37. The van der Waals surface area contributed by atoms with E-state index < -0.39 is 23.8 Å². The van der Waals surface area contributed by atoms with Gasteiger partial charge in [-0.3, -0.25) is 29.4 Å². The molecule has 0 saturated carbocycles. The zero-order valence-corrected chi connectivity index (χ0v) is 16.0. The lowest BCUT2D eigenvalue weighted by molar-refractivity contribution is -0.136. The molecule has 1 aromatic carbocycles. The van der Waals surface area contributed by atoms with Gasteiger partial charge >= 0.3 is 0 Å². The second-order valence-electron chi connectivity index (χ2n) is 8.35. The average Bonchev–Trinajstić information content (AvgIpc) is 2.85. The molecule has 2 fully saturated rings. The highest BCUT2D eigenvalue weighted by molar-refractivity contribution is 6.23. The first-order chi connectivity index (χ1) is 13.2. The number of imide groups is 2. The number of rotatable bonds is 3. The number of amides is 4. The number of nitrogens with zero attached hydrogens (tertiary/aromatic N) is 1. The predicted octanol–water partition coefficient (Wildman–Crippen LogP) is 1.03. The minimum atomic E-state index is -0.938. The first-order valence-corrected chi connectivity index (χ1v) is 9.62. The van der Waals surface area contributed by atoms with Crippen molar-refractivity contribution in [3.8, 4) is 0 Å². The molecular formula is C20H24N4O4. The molecule has 0 radical (unpaired) electrons. The third-order valence-electron chi connectivity index (χ3n) is 5.66. The van der Waals surface area contributed by atoms with Gasteiger partial charge in [0.2, 0.25) is 11.8 Å². The van der Waals surface area contributed by atoms with Crippen molar-refractivity contribution < 1.29 is 19.2 Å². The fourth-order valence-corrected chi connectivity index (χ4v) is 4.29. The van der Waals surface area contributed by atoms with Gasteiger partial charge in [0.25, 0.3) is 11.8 Å². The van der Waals surface area contributed by atoms with E-state index in [0.29, 0.717) is 11.1 Å². The summed E-state index contributed by atoms with van der Waals surface area (Å²) in [4.78, 5) is 50.1. The van der Waals surface area contributed by atoms with Crippen LogP contribution < -0.4 is 16.0 Å². The fraction of sp³-hybridized carbons (Fsp3) is 0.500. The second kappa shape index (κ2) is 6.70. The molecule has 3 aliphatic heterocycles. The number of fused-ring (bicyclic) bond motifs is 1. The molecule has 148 valence electrons. The summed E-state index contributed by atoms with van der Waals surface area (Å²) in [5, 5.41) is 9.14. The standard InChI is InChI=1S/C20H24N4O4/c1-20(2)10-12(7-8-21-20)22-11-3-4-13-14(9-11)19(28)24(18(13)27)15-5-6-16(25)23-17(15)26/h3-4,9,12,15,21-22H,5-8,10H2,1-2H3,(H,23,25,26). The van der Waals surface area contributed by atoms with E-state index in [-0.39, 0.29) is 30.3 Å². The second-order valence-corrected chi connectivity index (χ2v) is 8.35. The van der Waals surface area contributed by atoms with Crippen LogP contribution in [-0.2, 0) is 9.59 Å². The van der Waals surface area contributed by atoms with Gasteiger partial charge in [-0.1, -0.05) is 0 Å². The summed E-state index contributed by atoms with van der Waals surface area (Å²) in [6, 6.07) is 4.46. The number of hydrogen-bond donors (Lipinski definition) is 3. The number of carbonyl (C=O) groups excluding carboxylic acids is 4. The number of nitrogens with one attached hydrogen (secondary N) is 3. The van der Waals surface area contributed by atoms with Gasteiger partial charge in [-0.15, -0.1) is 0 Å². The molecule has 0 spiro atoms. The van der Waals surface area contributed by atoms with Crippen molar-refractivity contribution >= 4 is 29.3 Å². The van der Waals surface area contributed by atoms with Crippen molar-refractivity contribution in [1.29, 1.82) is 0 Å². The Bertz CT molecular complexity index is 879. The first-order valence-electron chi connectivity index (χ1n) is 9.62. The third kappa shape index (κ3) is 3.28. The highest BCUT2D eigenvalue weighted by atomic mass is 16.2. The molecule has 2 unspecified atom stereocenters. The van der Waals surface area contributed by atoms with E-state index in [1.807, 2.05) is 0 Å². The highest BCUT2D eigenvalue weighted by Gasteiger charge is 2.44. The summed E-state index contributed by atoms with van der Waals surface area (Å²) in [6.45, 7) is 5.23. The number of piperidine rings is 2. The third-order valence-corrected chi connectivity index (χ3v) is 5.66. The normalized spacial score (nSPS) is 26.9. The van der Waals surface area contributed by atoms with Gasteiger partial charge in [0, 0.05) is 23.7 Å². The van der Waals surface area contributed by atoms with Gasteiger partial charge in [0.1, 0.15) is 6.04 Å². The zero-order chi connectivity index (χ0) is 20.1. The monoisotopic (exact) mass is 384 g/mol. The van der Waals surface area contributed by atoms with E-state index in [4.69, 9.17) is 0 Å². The highest BCUT2D eigenvalue weighted by Crippen LogP contribution is 2.30. The van der Waals surface area contributed by atoms with Gasteiger partial charge in [-0.25, -0.2) is 0 Å². The summed E-state index contributed by atoms with van der Waals surface area (Å²) < 4.78 is 0. The number of carbonyl (C=O) groups is 4. The lowest BCUT2D eigenvalue weighted by Crippen LogP contribution is -2.54. The molecule has 8 nitrogen and oxygen atoms in total. The molecule has 1 aromatic rings. The van der Waals surface area contributed by atoms with Crippen molar-refractivity contribution in [2.24, 2.45) is 0 Å². The molecule has 2 saturated heterocycles. The molecule has 28 heavy (non-hydrogen) atoms. The molecule has 3 aliphatic rings. The predicted molar refractivity (Wildman–Crippen MR) is 102 cm³/mol. The van der Waals surface area contributed by atoms with Gasteiger partial charge in [0.05, 0.1) is 11.1 Å². The summed E-state index contributed by atoms with van der Waals surface area (Å²) >= 11 is 0. The maximum Gasteiger partial charge on any atom is 0.262 e. The van der Waals surface area contributed by atoms with Crippen LogP contribution in [0.4, 0.5) is 5.69 Å². The topological polar surface area (TPSA) is 108 Å². The van der Waals surface area contributed by atoms with Crippen molar-refractivity contribution in [2.45, 2.75) is 57.2 Å². The molecule has 4 amide bonds. The molecule has 3 N–H and O–H groups in total. The van der Waals surface area contributed by atoms with Gasteiger partial charge in [0.15, 0.2) is 0 Å². The van der Waals surface area contributed by atoms with E-state index >= 15 is 0 Å². The zero-order valence-electron chi connectivity index (χ0n) is 16.0. The number of anilines is 1. The molecule has 0 aromatic heterocycles. The lowest BCUT2D eigenvalue weighted by atomic mass is 9.89. The Morgan fingerprint density at radius 1 is 1.07 bits per heavy atom. The van der Waals surface area contributed by atoms with E-state index in [0.717, 1.165) is 30.0 Å². The smallest absolute Gasteiger partial charge is 0.262 e. The van der Waals surface area contributed by atoms with Crippen molar-refractivity contribution in [3.05, 3.63) is 29.3 Å². The van der Waals surface area contributed by atoms with Crippen molar-refractivity contribution in [3.63, 3.8) is 0 Å². The number of benzene rings is 1. The summed E-state index contributed by atoms with van der Waals surface area (Å²) in [5.74, 6) is -1.94. The Morgan fingerprint density at radius 3 is 2.54 bits per heavy atom. The van der Waals surface area contributed by atoms with Crippen LogP contribution in [0.5, 0.6) is 0 Å². The van der Waals surface area contributed by atoms with Crippen LogP contribution in [0.25, 0.3) is 0 Å². The summed E-state index contributed by atoms with van der Waals surface area (Å²) in [7, 11) is 0. The molecule has 8 heteroatoms. The van der Waals surface area contributed by atoms with Crippen LogP contribution in [0.15, 0.2) is 18.2 Å². The minimum absolute atomic E-state index is 0.0427. The SMILES string of the molecule is CC1(C)CC(Nc2ccc3c(c2)C(=O)N(C2CCC(=O)NC2=O)C3=O)CCN1. The van der Waals surface area contributed by atoms with Crippen LogP contribution in [0.2, 0.25) is 0 Å². The molecule has 4 rings (SSSR count). The summed E-state index contributed by atoms with van der Waals surface area (Å²) in [5.41, 5.74) is 1.42. The summed E-state index contributed by atoms with van der Waals surface area (Å²) in [6.07, 6.45) is 2.18. The van der Waals surface area contributed by atoms with Crippen molar-refractivity contribution in [2.75, 3.05) is 11.9 Å². The largest absolute Gasteiger partial charge is 0.382 e. The van der Waals surface area contributed by atoms with Crippen LogP contribution in [-0.4, -0.2) is 52.7 Å². The van der Waals surface area contributed by atoms with E-state index in [2.05, 4.69) is 29.8 Å². The average molecular weight is 384 g/mol. The number of hydrogen-bond acceptors (Lipinski definition) is 6. The Kier molecular flexibility index (Phi) is 4.45. The van der Waals surface area contributed by atoms with Gasteiger partial charge in [-0.2, -0.15) is 0 Å². The molecule has 0 bridgehead atoms. The molecule has 0 aliphatic carbocycles. The Balaban J connectivity index is 1.54. The van der Waals surface area contributed by atoms with E-state index in [1.165, 1.54) is 0 Å².